The Kier molecular flexibility index (Phi) is 4.01. The molecule has 0 spiro atoms. The second kappa shape index (κ2) is 5.33. The monoisotopic (exact) mass is 331 g/mol. The van der Waals surface area contributed by atoms with Crippen molar-refractivity contribution < 1.29 is 0 Å². The molecule has 2 aromatic rings. The Morgan fingerprint density at radius 3 is 2.88 bits per heavy atom. The first-order chi connectivity index (χ1) is 8.06. The molecule has 2 aromatic heterocycles. The molecule has 0 saturated heterocycles. The van der Waals surface area contributed by atoms with E-state index in [1.54, 1.807) is 17.5 Å². The highest BCUT2D eigenvalue weighted by atomic mass is 79.9. The number of hydrogen-bond acceptors (Lipinski definition) is 4. The van der Waals surface area contributed by atoms with Crippen LogP contribution in [0.1, 0.15) is 10.7 Å². The standard InChI is InChI=1S/C11H11BrClN3S/c1-7-15-9(6-17-7)5-16(2)11-10(13)3-8(12)4-14-11/h3-4,6H,5H2,1-2H3. The van der Waals surface area contributed by atoms with Crippen LogP contribution in [0.25, 0.3) is 0 Å². The lowest BCUT2D eigenvalue weighted by molar-refractivity contribution is 0.870. The second-order valence-electron chi connectivity index (χ2n) is 3.67. The summed E-state index contributed by atoms with van der Waals surface area (Å²) in [6.45, 7) is 2.71. The van der Waals surface area contributed by atoms with E-state index < -0.39 is 0 Å². The molecule has 2 rings (SSSR count). The predicted molar refractivity (Wildman–Crippen MR) is 75.9 cm³/mol. The van der Waals surface area contributed by atoms with Crippen LogP contribution in [0, 0.1) is 6.92 Å². The number of pyridine rings is 1. The van der Waals surface area contributed by atoms with Gasteiger partial charge in [-0.25, -0.2) is 9.97 Å². The van der Waals surface area contributed by atoms with Gasteiger partial charge in [-0.2, -0.15) is 0 Å². The highest BCUT2D eigenvalue weighted by molar-refractivity contribution is 9.10. The van der Waals surface area contributed by atoms with Gasteiger partial charge in [0.05, 0.1) is 22.3 Å². The van der Waals surface area contributed by atoms with Gasteiger partial charge in [0.2, 0.25) is 0 Å². The zero-order valence-electron chi connectivity index (χ0n) is 9.44. The molecule has 0 unspecified atom stereocenters. The van der Waals surface area contributed by atoms with Crippen molar-refractivity contribution in [2.45, 2.75) is 13.5 Å². The lowest BCUT2D eigenvalue weighted by Gasteiger charge is -2.18. The maximum absolute atomic E-state index is 6.14. The van der Waals surface area contributed by atoms with Crippen molar-refractivity contribution in [1.29, 1.82) is 0 Å². The van der Waals surface area contributed by atoms with Gasteiger partial charge in [-0.3, -0.25) is 0 Å². The quantitative estimate of drug-likeness (QED) is 0.853. The normalized spacial score (nSPS) is 10.6. The van der Waals surface area contributed by atoms with Crippen molar-refractivity contribution in [2.24, 2.45) is 0 Å². The molecule has 0 aliphatic rings. The van der Waals surface area contributed by atoms with Gasteiger partial charge in [-0.05, 0) is 28.9 Å². The number of halogens is 2. The summed E-state index contributed by atoms with van der Waals surface area (Å²) < 4.78 is 0.879. The number of aromatic nitrogens is 2. The number of thiazole rings is 1. The van der Waals surface area contributed by atoms with Crippen molar-refractivity contribution in [3.05, 3.63) is 37.8 Å². The first-order valence-corrected chi connectivity index (χ1v) is 7.04. The molecule has 0 aliphatic heterocycles. The fraction of sp³-hybridized carbons (Fsp3) is 0.273. The number of aryl methyl sites for hydroxylation is 1. The van der Waals surface area contributed by atoms with E-state index in [0.29, 0.717) is 11.6 Å². The van der Waals surface area contributed by atoms with E-state index in [-0.39, 0.29) is 0 Å². The Labute approximate surface area is 118 Å². The summed E-state index contributed by atoms with van der Waals surface area (Å²) in [7, 11) is 1.96. The molecule has 90 valence electrons. The molecular weight excluding hydrogens is 322 g/mol. The highest BCUT2D eigenvalue weighted by Gasteiger charge is 2.10. The maximum atomic E-state index is 6.14. The van der Waals surface area contributed by atoms with Gasteiger partial charge in [-0.15, -0.1) is 11.3 Å². The van der Waals surface area contributed by atoms with E-state index in [1.807, 2.05) is 24.9 Å². The summed E-state index contributed by atoms with van der Waals surface area (Å²) >= 11 is 11.1. The van der Waals surface area contributed by atoms with Crippen LogP contribution in [0.15, 0.2) is 22.1 Å². The molecule has 0 aromatic carbocycles. The third kappa shape index (κ3) is 3.18. The van der Waals surface area contributed by atoms with Crippen LogP contribution >= 0.6 is 38.9 Å². The number of hydrogen-bond donors (Lipinski definition) is 0. The molecule has 6 heteroatoms. The van der Waals surface area contributed by atoms with Gasteiger partial charge in [0.15, 0.2) is 0 Å². The first-order valence-electron chi connectivity index (χ1n) is 4.99. The molecule has 3 nitrogen and oxygen atoms in total. The van der Waals surface area contributed by atoms with E-state index in [9.17, 15) is 0 Å². The molecule has 0 fully saturated rings. The minimum Gasteiger partial charge on any atom is -0.353 e. The zero-order chi connectivity index (χ0) is 12.4. The third-order valence-corrected chi connectivity index (χ3v) is 3.75. The van der Waals surface area contributed by atoms with E-state index in [1.165, 1.54) is 0 Å². The molecule has 0 N–H and O–H groups in total. The van der Waals surface area contributed by atoms with Gasteiger partial charge >= 0.3 is 0 Å². The first kappa shape index (κ1) is 12.8. The Morgan fingerprint density at radius 1 is 1.53 bits per heavy atom. The van der Waals surface area contributed by atoms with Crippen LogP contribution in [0.3, 0.4) is 0 Å². The molecule has 0 aliphatic carbocycles. The molecule has 0 amide bonds. The molecule has 0 radical (unpaired) electrons. The fourth-order valence-electron chi connectivity index (χ4n) is 1.49. The van der Waals surface area contributed by atoms with Crippen LogP contribution in [0.2, 0.25) is 5.02 Å². The summed E-state index contributed by atoms with van der Waals surface area (Å²) in [6, 6.07) is 1.84. The highest BCUT2D eigenvalue weighted by Crippen LogP contribution is 2.26. The third-order valence-electron chi connectivity index (χ3n) is 2.22. The van der Waals surface area contributed by atoms with Crippen LogP contribution in [-0.2, 0) is 6.54 Å². The van der Waals surface area contributed by atoms with E-state index in [0.717, 1.165) is 21.0 Å². The number of rotatable bonds is 3. The predicted octanol–water partition coefficient (Wildman–Crippen LogP) is 3.90. The largest absolute Gasteiger partial charge is 0.353 e. The zero-order valence-corrected chi connectivity index (χ0v) is 12.6. The van der Waals surface area contributed by atoms with Crippen molar-refractivity contribution >= 4 is 44.7 Å². The van der Waals surface area contributed by atoms with Crippen molar-refractivity contribution in [2.75, 3.05) is 11.9 Å². The minimum atomic E-state index is 0.633. The lowest BCUT2D eigenvalue weighted by Crippen LogP contribution is -2.18. The maximum Gasteiger partial charge on any atom is 0.147 e. The summed E-state index contributed by atoms with van der Waals surface area (Å²) in [6.07, 6.45) is 1.74. The number of nitrogens with zero attached hydrogens (tertiary/aromatic N) is 3. The molecule has 17 heavy (non-hydrogen) atoms. The molecule has 0 saturated carbocycles. The summed E-state index contributed by atoms with van der Waals surface area (Å²) in [5.74, 6) is 0.764. The van der Waals surface area contributed by atoms with Crippen LogP contribution in [-0.4, -0.2) is 17.0 Å². The summed E-state index contributed by atoms with van der Waals surface area (Å²) in [5.41, 5.74) is 1.04. The minimum absolute atomic E-state index is 0.633. The SMILES string of the molecule is Cc1nc(CN(C)c2ncc(Br)cc2Cl)cs1. The van der Waals surface area contributed by atoms with Gasteiger partial charge in [-0.1, -0.05) is 11.6 Å². The molecule has 0 atom stereocenters. The van der Waals surface area contributed by atoms with Gasteiger partial charge in [0, 0.05) is 23.1 Å². The van der Waals surface area contributed by atoms with Gasteiger partial charge in [0.25, 0.3) is 0 Å². The Balaban J connectivity index is 2.17. The van der Waals surface area contributed by atoms with Crippen LogP contribution < -0.4 is 4.90 Å². The van der Waals surface area contributed by atoms with E-state index >= 15 is 0 Å². The number of anilines is 1. The lowest BCUT2D eigenvalue weighted by atomic mass is 10.4. The Morgan fingerprint density at radius 2 is 2.29 bits per heavy atom. The van der Waals surface area contributed by atoms with Crippen molar-refractivity contribution in [1.82, 2.24) is 9.97 Å². The summed E-state index contributed by atoms with van der Waals surface area (Å²) in [4.78, 5) is 10.7. The topological polar surface area (TPSA) is 29.0 Å². The van der Waals surface area contributed by atoms with Gasteiger partial charge in [0.1, 0.15) is 5.82 Å². The Hall–Kier alpha value is -0.650. The molecular formula is C11H11BrClN3S. The second-order valence-corrected chi connectivity index (χ2v) is 6.06. The van der Waals surface area contributed by atoms with E-state index in [2.05, 4.69) is 31.3 Å². The molecule has 0 bridgehead atoms. The fourth-order valence-corrected chi connectivity index (χ4v) is 2.86. The van der Waals surface area contributed by atoms with Crippen LogP contribution in [0.4, 0.5) is 5.82 Å². The van der Waals surface area contributed by atoms with E-state index in [4.69, 9.17) is 11.6 Å². The molecule has 2 heterocycles. The average molecular weight is 333 g/mol. The smallest absolute Gasteiger partial charge is 0.147 e. The summed E-state index contributed by atoms with van der Waals surface area (Å²) in [5, 5.41) is 3.76. The average Bonchev–Trinajstić information content (AvgIpc) is 2.63. The van der Waals surface area contributed by atoms with Crippen molar-refractivity contribution in [3.8, 4) is 0 Å². The van der Waals surface area contributed by atoms with Crippen molar-refractivity contribution in [3.63, 3.8) is 0 Å². The van der Waals surface area contributed by atoms with Crippen LogP contribution in [0.5, 0.6) is 0 Å². The van der Waals surface area contributed by atoms with Gasteiger partial charge < -0.3 is 4.90 Å². The Bertz CT molecular complexity index is 529.